The predicted octanol–water partition coefficient (Wildman–Crippen LogP) is 1.78. The zero-order valence-electron chi connectivity index (χ0n) is 10.4. The number of benzene rings is 1. The highest BCUT2D eigenvalue weighted by atomic mass is 32.2. The lowest BCUT2D eigenvalue weighted by atomic mass is 10.2. The Bertz CT molecular complexity index is 483. The van der Waals surface area contributed by atoms with E-state index in [1.807, 2.05) is 0 Å². The third kappa shape index (κ3) is 3.20. The molecule has 0 fully saturated rings. The molecule has 0 amide bonds. The molecule has 4 nitrogen and oxygen atoms in total. The van der Waals surface area contributed by atoms with E-state index in [4.69, 9.17) is 10.5 Å². The molecule has 5 heteroatoms. The predicted molar refractivity (Wildman–Crippen MR) is 68.7 cm³/mol. The third-order valence-electron chi connectivity index (χ3n) is 2.83. The summed E-state index contributed by atoms with van der Waals surface area (Å²) in [6.07, 6.45) is 0.488. The zero-order chi connectivity index (χ0) is 13.1. The smallest absolute Gasteiger partial charge is 0.181 e. The zero-order valence-corrected chi connectivity index (χ0v) is 11.3. The summed E-state index contributed by atoms with van der Waals surface area (Å²) in [6.45, 7) is 3.93. The number of methoxy groups -OCH3 is 1. The van der Waals surface area contributed by atoms with Crippen molar-refractivity contribution < 1.29 is 13.2 Å². The second kappa shape index (κ2) is 5.51. The molecule has 0 spiro atoms. The summed E-state index contributed by atoms with van der Waals surface area (Å²) in [6, 6.07) is 4.81. The highest BCUT2D eigenvalue weighted by molar-refractivity contribution is 7.92. The van der Waals surface area contributed by atoms with Crippen molar-refractivity contribution >= 4 is 15.5 Å². The highest BCUT2D eigenvalue weighted by Gasteiger charge is 2.23. The van der Waals surface area contributed by atoms with Crippen molar-refractivity contribution in [2.45, 2.75) is 30.4 Å². The van der Waals surface area contributed by atoms with Crippen LogP contribution in [0.5, 0.6) is 0 Å². The van der Waals surface area contributed by atoms with Crippen molar-refractivity contribution in [2.24, 2.45) is 0 Å². The molecule has 1 aromatic rings. The maximum atomic E-state index is 12.2. The van der Waals surface area contributed by atoms with Crippen molar-refractivity contribution in [1.82, 2.24) is 0 Å². The van der Waals surface area contributed by atoms with Crippen LogP contribution in [0.3, 0.4) is 0 Å². The number of anilines is 1. The number of rotatable bonds is 5. The Balaban J connectivity index is 3.00. The van der Waals surface area contributed by atoms with Gasteiger partial charge in [0.15, 0.2) is 9.84 Å². The lowest BCUT2D eigenvalue weighted by molar-refractivity contribution is 0.194. The molecule has 0 aromatic heterocycles. The van der Waals surface area contributed by atoms with Crippen molar-refractivity contribution in [3.8, 4) is 0 Å². The monoisotopic (exact) mass is 257 g/mol. The van der Waals surface area contributed by atoms with Crippen LogP contribution in [-0.4, -0.2) is 27.4 Å². The van der Waals surface area contributed by atoms with E-state index in [-0.39, 0.29) is 0 Å². The molecule has 0 aliphatic heterocycles. The maximum Gasteiger partial charge on any atom is 0.181 e. The van der Waals surface area contributed by atoms with E-state index in [0.29, 0.717) is 23.6 Å². The van der Waals surface area contributed by atoms with Crippen molar-refractivity contribution in [3.63, 3.8) is 0 Å². The molecule has 17 heavy (non-hydrogen) atoms. The van der Waals surface area contributed by atoms with Crippen LogP contribution in [0, 0.1) is 6.92 Å². The first-order valence-electron chi connectivity index (χ1n) is 5.48. The summed E-state index contributed by atoms with van der Waals surface area (Å²) >= 11 is 0. The molecule has 2 N–H and O–H groups in total. The average molecular weight is 257 g/mol. The van der Waals surface area contributed by atoms with Gasteiger partial charge in [-0.3, -0.25) is 0 Å². The van der Waals surface area contributed by atoms with Gasteiger partial charge >= 0.3 is 0 Å². The van der Waals surface area contributed by atoms with E-state index in [0.717, 1.165) is 5.56 Å². The minimum Gasteiger partial charge on any atom is -0.399 e. The van der Waals surface area contributed by atoms with E-state index in [9.17, 15) is 8.42 Å². The quantitative estimate of drug-likeness (QED) is 0.816. The Hall–Kier alpha value is -1.07. The number of hydrogen-bond donors (Lipinski definition) is 1. The molecule has 0 heterocycles. The van der Waals surface area contributed by atoms with Crippen LogP contribution >= 0.6 is 0 Å². The van der Waals surface area contributed by atoms with Crippen molar-refractivity contribution in [1.29, 1.82) is 0 Å². The fourth-order valence-electron chi connectivity index (χ4n) is 1.50. The first-order chi connectivity index (χ1) is 7.89. The summed E-state index contributed by atoms with van der Waals surface area (Å²) < 4.78 is 29.3. The van der Waals surface area contributed by atoms with Crippen LogP contribution in [0.15, 0.2) is 23.1 Å². The third-order valence-corrected chi connectivity index (χ3v) is 5.03. The molecule has 1 rings (SSSR count). The minimum absolute atomic E-state index is 0.327. The van der Waals surface area contributed by atoms with Crippen LogP contribution < -0.4 is 5.73 Å². The van der Waals surface area contributed by atoms with Crippen molar-refractivity contribution in [3.05, 3.63) is 23.8 Å². The summed E-state index contributed by atoms with van der Waals surface area (Å²) in [7, 11) is -1.72. The van der Waals surface area contributed by atoms with Gasteiger partial charge in [0.25, 0.3) is 0 Å². The van der Waals surface area contributed by atoms with Crippen LogP contribution in [0.1, 0.15) is 18.9 Å². The fraction of sp³-hybridized carbons (Fsp3) is 0.500. The Morgan fingerprint density at radius 1 is 1.41 bits per heavy atom. The van der Waals surface area contributed by atoms with Gasteiger partial charge in [0, 0.05) is 19.4 Å². The molecule has 96 valence electrons. The lowest BCUT2D eigenvalue weighted by Crippen LogP contribution is -2.20. The van der Waals surface area contributed by atoms with Gasteiger partial charge in [-0.05, 0) is 44.0 Å². The van der Waals surface area contributed by atoms with Crippen molar-refractivity contribution in [2.75, 3.05) is 19.5 Å². The van der Waals surface area contributed by atoms with Gasteiger partial charge in [0.2, 0.25) is 0 Å². The topological polar surface area (TPSA) is 69.4 Å². The molecule has 1 aromatic carbocycles. The van der Waals surface area contributed by atoms with E-state index >= 15 is 0 Å². The maximum absolute atomic E-state index is 12.2. The minimum atomic E-state index is -3.29. The second-order valence-corrected chi connectivity index (χ2v) is 6.52. The standard InChI is InChI=1S/C12H19NO3S/c1-9-8-11(4-5-12(9)13)17(14,15)10(2)6-7-16-3/h4-5,8,10H,6-7,13H2,1-3H3. The Labute approximate surface area is 103 Å². The van der Waals surface area contributed by atoms with Gasteiger partial charge in [-0.2, -0.15) is 0 Å². The molecule has 0 saturated carbocycles. The van der Waals surface area contributed by atoms with E-state index in [1.165, 1.54) is 0 Å². The summed E-state index contributed by atoms with van der Waals surface area (Å²) in [5, 5.41) is -0.453. The molecular formula is C12H19NO3S. The molecule has 1 atom stereocenters. The average Bonchev–Trinajstić information content (AvgIpc) is 2.29. The molecule has 0 radical (unpaired) electrons. The van der Waals surface area contributed by atoms with Gasteiger partial charge in [-0.25, -0.2) is 8.42 Å². The number of nitrogens with two attached hydrogens (primary N) is 1. The normalized spacial score (nSPS) is 13.6. The van der Waals surface area contributed by atoms with E-state index in [1.54, 1.807) is 39.2 Å². The molecule has 0 bridgehead atoms. The Morgan fingerprint density at radius 3 is 2.59 bits per heavy atom. The molecule has 0 aliphatic carbocycles. The van der Waals surface area contributed by atoms with Gasteiger partial charge in [0.05, 0.1) is 10.1 Å². The summed E-state index contributed by atoms with van der Waals surface area (Å²) in [5.41, 5.74) is 7.06. The van der Waals surface area contributed by atoms with E-state index in [2.05, 4.69) is 0 Å². The largest absolute Gasteiger partial charge is 0.399 e. The van der Waals surface area contributed by atoms with Crippen LogP contribution in [-0.2, 0) is 14.6 Å². The number of ether oxygens (including phenoxy) is 1. The van der Waals surface area contributed by atoms with Crippen LogP contribution in [0.2, 0.25) is 0 Å². The SMILES string of the molecule is COCCC(C)S(=O)(=O)c1ccc(N)c(C)c1. The highest BCUT2D eigenvalue weighted by Crippen LogP contribution is 2.22. The summed E-state index contributed by atoms with van der Waals surface area (Å²) in [4.78, 5) is 0.327. The number of nitrogen functional groups attached to an aromatic ring is 1. The molecular weight excluding hydrogens is 238 g/mol. The Kier molecular flexibility index (Phi) is 4.54. The molecule has 1 unspecified atom stereocenters. The van der Waals surface area contributed by atoms with Gasteiger partial charge in [0.1, 0.15) is 0 Å². The fourth-order valence-corrected chi connectivity index (χ4v) is 2.97. The first kappa shape index (κ1) is 14.0. The first-order valence-corrected chi connectivity index (χ1v) is 7.03. The lowest BCUT2D eigenvalue weighted by Gasteiger charge is -2.13. The molecule has 0 saturated heterocycles. The summed E-state index contributed by atoms with van der Waals surface area (Å²) in [5.74, 6) is 0. The van der Waals surface area contributed by atoms with Crippen LogP contribution in [0.25, 0.3) is 0 Å². The second-order valence-electron chi connectivity index (χ2n) is 4.16. The van der Waals surface area contributed by atoms with Gasteiger partial charge in [-0.1, -0.05) is 0 Å². The van der Waals surface area contributed by atoms with Gasteiger partial charge in [-0.15, -0.1) is 0 Å². The van der Waals surface area contributed by atoms with Gasteiger partial charge < -0.3 is 10.5 Å². The number of hydrogen-bond acceptors (Lipinski definition) is 4. The number of sulfone groups is 1. The molecule has 0 aliphatic rings. The van der Waals surface area contributed by atoms with E-state index < -0.39 is 15.1 Å². The number of aryl methyl sites for hydroxylation is 1. The van der Waals surface area contributed by atoms with Crippen LogP contribution in [0.4, 0.5) is 5.69 Å². The Morgan fingerprint density at radius 2 is 2.06 bits per heavy atom.